The van der Waals surface area contributed by atoms with Gasteiger partial charge in [0.15, 0.2) is 0 Å². The molecule has 3 nitrogen and oxygen atoms in total. The van der Waals surface area contributed by atoms with Crippen LogP contribution in [0.3, 0.4) is 0 Å². The van der Waals surface area contributed by atoms with Gasteiger partial charge in [-0.2, -0.15) is 0 Å². The molecule has 0 N–H and O–H groups in total. The third-order valence-corrected chi connectivity index (χ3v) is 4.88. The Labute approximate surface area is 158 Å². The number of hydrogen-bond donors (Lipinski definition) is 0. The van der Waals surface area contributed by atoms with E-state index in [0.29, 0.717) is 0 Å². The van der Waals surface area contributed by atoms with Crippen molar-refractivity contribution in [1.29, 1.82) is 0 Å². The Bertz CT molecular complexity index is 600. The molecule has 0 radical (unpaired) electrons. The van der Waals surface area contributed by atoms with Gasteiger partial charge in [0.1, 0.15) is 6.10 Å². The summed E-state index contributed by atoms with van der Waals surface area (Å²) in [7, 11) is 0. The van der Waals surface area contributed by atoms with Crippen LogP contribution >= 0.6 is 0 Å². The molecule has 0 spiro atoms. The van der Waals surface area contributed by atoms with Crippen molar-refractivity contribution in [3.63, 3.8) is 0 Å². The van der Waals surface area contributed by atoms with Gasteiger partial charge < -0.3 is 14.5 Å². The van der Waals surface area contributed by atoms with Gasteiger partial charge in [0.05, 0.1) is 6.26 Å². The lowest BCUT2D eigenvalue weighted by Crippen LogP contribution is -2.21. The van der Waals surface area contributed by atoms with Crippen LogP contribution in [0, 0.1) is 0 Å². The fourth-order valence-electron chi connectivity index (χ4n) is 3.34. The molecule has 0 fully saturated rings. The van der Waals surface area contributed by atoms with Crippen molar-refractivity contribution in [2.75, 3.05) is 36.0 Å². The van der Waals surface area contributed by atoms with Crippen LogP contribution in [0.2, 0.25) is 0 Å². The quantitative estimate of drug-likeness (QED) is 0.516. The molecule has 3 heteroatoms. The number of hydrogen-bond acceptors (Lipinski definition) is 3. The zero-order chi connectivity index (χ0) is 18.9. The van der Waals surface area contributed by atoms with Crippen molar-refractivity contribution in [2.24, 2.45) is 0 Å². The van der Waals surface area contributed by atoms with Gasteiger partial charge in [-0.25, -0.2) is 0 Å². The van der Waals surface area contributed by atoms with E-state index in [4.69, 9.17) is 4.74 Å². The fourth-order valence-corrected chi connectivity index (χ4v) is 3.34. The van der Waals surface area contributed by atoms with E-state index in [1.54, 1.807) is 0 Å². The van der Waals surface area contributed by atoms with Gasteiger partial charge in [-0.05, 0) is 63.1 Å². The predicted molar refractivity (Wildman–Crippen MR) is 113 cm³/mol. The fraction of sp³-hybridized carbons (Fsp3) is 0.391. The Kier molecular flexibility index (Phi) is 7.58. The second-order valence-electron chi connectivity index (χ2n) is 6.21. The third kappa shape index (κ3) is 4.60. The molecule has 0 heterocycles. The first-order valence-corrected chi connectivity index (χ1v) is 9.64. The lowest BCUT2D eigenvalue weighted by Gasteiger charge is -2.24. The highest BCUT2D eigenvalue weighted by atomic mass is 16.5. The molecule has 0 saturated carbocycles. The van der Waals surface area contributed by atoms with Crippen LogP contribution in [0.1, 0.15) is 44.9 Å². The average Bonchev–Trinajstić information content (AvgIpc) is 2.69. The first-order valence-electron chi connectivity index (χ1n) is 9.64. The van der Waals surface area contributed by atoms with Crippen LogP contribution in [0.4, 0.5) is 11.4 Å². The van der Waals surface area contributed by atoms with Gasteiger partial charge in [-0.1, -0.05) is 30.8 Å². The number of rotatable bonds is 10. The smallest absolute Gasteiger partial charge is 0.148 e. The number of benzene rings is 2. The number of nitrogens with zero attached hydrogens (tertiary/aromatic N) is 2. The molecule has 140 valence electrons. The second-order valence-corrected chi connectivity index (χ2v) is 6.21. The third-order valence-electron chi connectivity index (χ3n) is 4.88. The van der Waals surface area contributed by atoms with Crippen molar-refractivity contribution in [3.05, 3.63) is 72.5 Å². The maximum Gasteiger partial charge on any atom is 0.148 e. The normalized spacial score (nSPS) is 10.7. The molecule has 26 heavy (non-hydrogen) atoms. The second kappa shape index (κ2) is 9.91. The minimum absolute atomic E-state index is 0.135. The summed E-state index contributed by atoms with van der Waals surface area (Å²) >= 11 is 0. The van der Waals surface area contributed by atoms with Crippen LogP contribution in [-0.4, -0.2) is 26.2 Å². The average molecular weight is 353 g/mol. The molecule has 2 aromatic rings. The van der Waals surface area contributed by atoms with E-state index in [2.05, 4.69) is 92.6 Å². The summed E-state index contributed by atoms with van der Waals surface area (Å²) in [5, 5.41) is 0. The molecule has 0 atom stereocenters. The highest BCUT2D eigenvalue weighted by Crippen LogP contribution is 2.29. The lowest BCUT2D eigenvalue weighted by atomic mass is 10.0. The summed E-state index contributed by atoms with van der Waals surface area (Å²) in [6, 6.07) is 17.3. The summed E-state index contributed by atoms with van der Waals surface area (Å²) in [6.45, 7) is 16.5. The summed E-state index contributed by atoms with van der Waals surface area (Å²) in [4.78, 5) is 4.68. The first-order chi connectivity index (χ1) is 12.7. The molecule has 0 aliphatic carbocycles. The Morgan fingerprint density at radius 3 is 1.35 bits per heavy atom. The predicted octanol–water partition coefficient (Wildman–Crippen LogP) is 5.63. The Hall–Kier alpha value is -2.42. The van der Waals surface area contributed by atoms with E-state index in [-0.39, 0.29) is 6.10 Å². The molecular weight excluding hydrogens is 320 g/mol. The van der Waals surface area contributed by atoms with Crippen LogP contribution in [0.15, 0.2) is 61.4 Å². The highest BCUT2D eigenvalue weighted by molar-refractivity contribution is 5.51. The van der Waals surface area contributed by atoms with Gasteiger partial charge in [0, 0.05) is 37.6 Å². The summed E-state index contributed by atoms with van der Waals surface area (Å²) in [5.74, 6) is 0. The maximum atomic E-state index is 5.86. The molecule has 0 aromatic heterocycles. The van der Waals surface area contributed by atoms with E-state index < -0.39 is 0 Å². The first kappa shape index (κ1) is 19.9. The molecule has 0 bridgehead atoms. The van der Waals surface area contributed by atoms with Crippen LogP contribution in [0.25, 0.3) is 0 Å². The molecule has 0 saturated heterocycles. The van der Waals surface area contributed by atoms with Gasteiger partial charge in [-0.15, -0.1) is 0 Å². The maximum absolute atomic E-state index is 5.86. The van der Waals surface area contributed by atoms with E-state index in [1.165, 1.54) is 17.6 Å². The SMILES string of the molecule is C=COC(c1ccc(N(CC)CC)cc1)c1ccc(N(CC)CC)cc1. The zero-order valence-electron chi connectivity index (χ0n) is 16.6. The van der Waals surface area contributed by atoms with Gasteiger partial charge >= 0.3 is 0 Å². The van der Waals surface area contributed by atoms with E-state index >= 15 is 0 Å². The molecule has 0 unspecified atom stereocenters. The van der Waals surface area contributed by atoms with Crippen molar-refractivity contribution < 1.29 is 4.74 Å². The summed E-state index contributed by atoms with van der Waals surface area (Å²) < 4.78 is 5.86. The molecular formula is C23H32N2O. The van der Waals surface area contributed by atoms with Gasteiger partial charge in [0.2, 0.25) is 0 Å². The Morgan fingerprint density at radius 1 is 0.731 bits per heavy atom. The van der Waals surface area contributed by atoms with Crippen molar-refractivity contribution in [2.45, 2.75) is 33.8 Å². The van der Waals surface area contributed by atoms with Crippen LogP contribution < -0.4 is 9.80 Å². The highest BCUT2D eigenvalue weighted by Gasteiger charge is 2.15. The largest absolute Gasteiger partial charge is 0.489 e. The van der Waals surface area contributed by atoms with Crippen molar-refractivity contribution in [1.82, 2.24) is 0 Å². The Morgan fingerprint density at radius 2 is 1.08 bits per heavy atom. The van der Waals surface area contributed by atoms with E-state index in [9.17, 15) is 0 Å². The monoisotopic (exact) mass is 352 g/mol. The summed E-state index contributed by atoms with van der Waals surface area (Å²) in [6.07, 6.45) is 1.39. The molecule has 2 aromatic carbocycles. The standard InChI is InChI=1S/C23H32N2O/c1-6-24(7-2)21-15-11-19(12-16-21)23(26-10-5)20-13-17-22(18-14-20)25(8-3)9-4/h10-18,23H,5-9H2,1-4H3. The Balaban J connectivity index is 2.26. The van der Waals surface area contributed by atoms with Gasteiger partial charge in [-0.3, -0.25) is 0 Å². The topological polar surface area (TPSA) is 15.7 Å². The van der Waals surface area contributed by atoms with Crippen LogP contribution in [-0.2, 0) is 4.74 Å². The molecule has 0 amide bonds. The van der Waals surface area contributed by atoms with Crippen LogP contribution in [0.5, 0.6) is 0 Å². The van der Waals surface area contributed by atoms with Gasteiger partial charge in [0.25, 0.3) is 0 Å². The molecule has 0 aliphatic rings. The zero-order valence-corrected chi connectivity index (χ0v) is 16.6. The lowest BCUT2D eigenvalue weighted by molar-refractivity contribution is 0.184. The minimum atomic E-state index is -0.135. The number of ether oxygens (including phenoxy) is 1. The van der Waals surface area contributed by atoms with Crippen molar-refractivity contribution in [3.8, 4) is 0 Å². The van der Waals surface area contributed by atoms with E-state index in [0.717, 1.165) is 37.3 Å². The molecule has 2 rings (SSSR count). The van der Waals surface area contributed by atoms with E-state index in [1.807, 2.05) is 0 Å². The van der Waals surface area contributed by atoms with Crippen molar-refractivity contribution >= 4 is 11.4 Å². The molecule has 0 aliphatic heterocycles. The minimum Gasteiger partial charge on any atom is -0.489 e. The number of anilines is 2. The summed E-state index contributed by atoms with van der Waals surface area (Å²) in [5.41, 5.74) is 4.76.